The van der Waals surface area contributed by atoms with Gasteiger partial charge in [-0.2, -0.15) is 0 Å². The molecule has 1 N–H and O–H groups in total. The highest BCUT2D eigenvalue weighted by Crippen LogP contribution is 2.31. The molecule has 0 amide bonds. The van der Waals surface area contributed by atoms with Crippen molar-refractivity contribution in [3.05, 3.63) is 0 Å². The Morgan fingerprint density at radius 3 is 2.37 bits per heavy atom. The summed E-state index contributed by atoms with van der Waals surface area (Å²) < 4.78 is 13.0. The zero-order valence-electron chi connectivity index (χ0n) is 12.7. The lowest BCUT2D eigenvalue weighted by Crippen LogP contribution is -2.44. The normalized spacial score (nSPS) is 39.3. The summed E-state index contributed by atoms with van der Waals surface area (Å²) in [4.78, 5) is 0. The van der Waals surface area contributed by atoms with Crippen LogP contribution in [0.15, 0.2) is 0 Å². The Hall–Kier alpha value is 0.110. The molecular weight excluding hydrogens is 254 g/mol. The van der Waals surface area contributed by atoms with Crippen LogP contribution in [0.1, 0.15) is 71.1 Å². The average molecular weight is 285 g/mol. The molecule has 0 aliphatic heterocycles. The third kappa shape index (κ3) is 4.29. The zero-order valence-corrected chi connectivity index (χ0v) is 13.5. The maximum atomic E-state index is 13.0. The molecule has 0 bridgehead atoms. The van der Waals surface area contributed by atoms with Crippen LogP contribution in [0.5, 0.6) is 0 Å². The first kappa shape index (κ1) is 15.5. The first-order chi connectivity index (χ1) is 9.22. The third-order valence-electron chi connectivity index (χ3n) is 5.09. The van der Waals surface area contributed by atoms with E-state index in [1.54, 1.807) is 0 Å². The van der Waals surface area contributed by atoms with Crippen LogP contribution in [-0.4, -0.2) is 27.8 Å². The van der Waals surface area contributed by atoms with Crippen LogP contribution >= 0.6 is 0 Å². The molecule has 2 fully saturated rings. The van der Waals surface area contributed by atoms with Crippen LogP contribution in [0, 0.1) is 5.92 Å². The van der Waals surface area contributed by atoms with Crippen molar-refractivity contribution in [2.45, 2.75) is 87.7 Å². The molecule has 0 aromatic heterocycles. The minimum atomic E-state index is -0.625. The molecule has 2 aliphatic rings. The Morgan fingerprint density at radius 2 is 1.68 bits per heavy atom. The van der Waals surface area contributed by atoms with E-state index in [4.69, 9.17) is 0 Å². The van der Waals surface area contributed by atoms with E-state index in [1.165, 1.54) is 64.2 Å². The average Bonchev–Trinajstić information content (AvgIpc) is 2.38. The predicted molar refractivity (Wildman–Crippen MR) is 83.9 cm³/mol. The van der Waals surface area contributed by atoms with Gasteiger partial charge >= 0.3 is 0 Å². The van der Waals surface area contributed by atoms with Gasteiger partial charge < -0.3 is 5.32 Å². The maximum absolute atomic E-state index is 13.0. The van der Waals surface area contributed by atoms with E-state index in [-0.39, 0.29) is 0 Å². The van der Waals surface area contributed by atoms with E-state index in [2.05, 4.69) is 19.3 Å². The first-order valence-corrected chi connectivity index (χ1v) is 9.56. The summed E-state index contributed by atoms with van der Waals surface area (Å²) in [6, 6.07) is 0.485. The van der Waals surface area contributed by atoms with Crippen molar-refractivity contribution in [1.29, 1.82) is 0 Å². The third-order valence-corrected chi connectivity index (χ3v) is 7.33. The first-order valence-electron chi connectivity index (χ1n) is 8.29. The standard InChI is InChI=1S/C16H31NOS/c1-13-8-7-9-14(12-13)19(18)16-11-6-4-3-5-10-15(16)17-2/h13-17H,3-12H2,1-2H3. The molecular formula is C16H31NOS. The molecule has 112 valence electrons. The van der Waals surface area contributed by atoms with Gasteiger partial charge in [-0.15, -0.1) is 0 Å². The predicted octanol–water partition coefficient (Wildman–Crippen LogP) is 3.62. The molecule has 0 radical (unpaired) electrons. The van der Waals surface area contributed by atoms with Gasteiger partial charge in [0.05, 0.1) is 5.25 Å². The summed E-state index contributed by atoms with van der Waals surface area (Å²) in [5.41, 5.74) is 0. The lowest BCUT2D eigenvalue weighted by atomic mass is 9.90. The summed E-state index contributed by atoms with van der Waals surface area (Å²) in [6.45, 7) is 2.33. The van der Waals surface area contributed by atoms with Crippen molar-refractivity contribution in [2.75, 3.05) is 7.05 Å². The topological polar surface area (TPSA) is 29.1 Å². The lowest BCUT2D eigenvalue weighted by Gasteiger charge is -2.34. The Labute approximate surface area is 121 Å². The van der Waals surface area contributed by atoms with Crippen molar-refractivity contribution in [1.82, 2.24) is 5.32 Å². The number of nitrogens with one attached hydrogen (secondary N) is 1. The van der Waals surface area contributed by atoms with Crippen molar-refractivity contribution >= 4 is 10.8 Å². The van der Waals surface area contributed by atoms with Crippen LogP contribution in [0.4, 0.5) is 0 Å². The van der Waals surface area contributed by atoms with Gasteiger partial charge in [0.1, 0.15) is 0 Å². The van der Waals surface area contributed by atoms with E-state index < -0.39 is 10.8 Å². The van der Waals surface area contributed by atoms with Crippen molar-refractivity contribution in [2.24, 2.45) is 5.92 Å². The summed E-state index contributed by atoms with van der Waals surface area (Å²) in [5, 5.41) is 4.34. The van der Waals surface area contributed by atoms with Crippen molar-refractivity contribution in [3.8, 4) is 0 Å². The van der Waals surface area contributed by atoms with Crippen LogP contribution in [0.25, 0.3) is 0 Å². The van der Waals surface area contributed by atoms with E-state index in [0.29, 0.717) is 16.5 Å². The highest BCUT2D eigenvalue weighted by molar-refractivity contribution is 7.86. The molecule has 2 nitrogen and oxygen atoms in total. The van der Waals surface area contributed by atoms with Crippen molar-refractivity contribution in [3.63, 3.8) is 0 Å². The molecule has 2 aliphatic carbocycles. The Balaban J connectivity index is 2.00. The fourth-order valence-electron chi connectivity index (χ4n) is 3.90. The molecule has 5 unspecified atom stereocenters. The van der Waals surface area contributed by atoms with E-state index in [9.17, 15) is 4.21 Å². The van der Waals surface area contributed by atoms with Crippen LogP contribution in [0.3, 0.4) is 0 Å². The molecule has 0 heterocycles. The maximum Gasteiger partial charge on any atom is 0.0503 e. The summed E-state index contributed by atoms with van der Waals surface area (Å²) in [5.74, 6) is 0.782. The second-order valence-electron chi connectivity index (χ2n) is 6.65. The Morgan fingerprint density at radius 1 is 0.947 bits per heavy atom. The highest BCUT2D eigenvalue weighted by atomic mass is 32.2. The van der Waals surface area contributed by atoms with Gasteiger partial charge in [0.15, 0.2) is 0 Å². The molecule has 19 heavy (non-hydrogen) atoms. The van der Waals surface area contributed by atoms with Gasteiger partial charge in [0, 0.05) is 22.1 Å². The number of hydrogen-bond acceptors (Lipinski definition) is 2. The minimum absolute atomic E-state index is 0.403. The lowest BCUT2D eigenvalue weighted by molar-refractivity contribution is 0.378. The van der Waals surface area contributed by atoms with Crippen LogP contribution < -0.4 is 5.32 Å². The summed E-state index contributed by atoms with van der Waals surface area (Å²) in [7, 11) is 1.43. The smallest absolute Gasteiger partial charge is 0.0503 e. The van der Waals surface area contributed by atoms with Gasteiger partial charge in [0.25, 0.3) is 0 Å². The highest BCUT2D eigenvalue weighted by Gasteiger charge is 2.33. The quantitative estimate of drug-likeness (QED) is 0.858. The number of hydrogen-bond donors (Lipinski definition) is 1. The molecule has 5 atom stereocenters. The van der Waals surface area contributed by atoms with Crippen LogP contribution in [-0.2, 0) is 10.8 Å². The fourth-order valence-corrected chi connectivity index (χ4v) is 6.30. The molecule has 0 aromatic carbocycles. The summed E-state index contributed by atoms with van der Waals surface area (Å²) >= 11 is 0. The monoisotopic (exact) mass is 285 g/mol. The zero-order chi connectivity index (χ0) is 13.7. The largest absolute Gasteiger partial charge is 0.316 e. The SMILES string of the molecule is CNC1CCCCCCC1S(=O)C1CCCC(C)C1. The summed E-state index contributed by atoms with van der Waals surface area (Å²) in [6.07, 6.45) is 12.7. The second-order valence-corrected chi connectivity index (χ2v) is 8.58. The van der Waals surface area contributed by atoms with Gasteiger partial charge in [-0.3, -0.25) is 4.21 Å². The van der Waals surface area contributed by atoms with Crippen molar-refractivity contribution < 1.29 is 4.21 Å². The molecule has 0 saturated heterocycles. The Kier molecular flexibility index (Phi) is 6.34. The van der Waals surface area contributed by atoms with E-state index >= 15 is 0 Å². The molecule has 2 rings (SSSR count). The minimum Gasteiger partial charge on any atom is -0.316 e. The van der Waals surface area contributed by atoms with Crippen LogP contribution in [0.2, 0.25) is 0 Å². The van der Waals surface area contributed by atoms with E-state index in [0.717, 1.165) is 5.92 Å². The molecule has 3 heteroatoms. The van der Waals surface area contributed by atoms with Gasteiger partial charge in [0.2, 0.25) is 0 Å². The fraction of sp³-hybridized carbons (Fsp3) is 1.00. The Bertz CT molecular complexity index is 294. The van der Waals surface area contributed by atoms with Gasteiger partial charge in [-0.05, 0) is 38.6 Å². The molecule has 2 saturated carbocycles. The van der Waals surface area contributed by atoms with E-state index in [1.807, 2.05) is 0 Å². The number of rotatable bonds is 3. The molecule has 0 aromatic rings. The van der Waals surface area contributed by atoms with Gasteiger partial charge in [-0.1, -0.05) is 45.4 Å². The molecule has 0 spiro atoms. The second kappa shape index (κ2) is 7.78. The van der Waals surface area contributed by atoms with Gasteiger partial charge in [-0.25, -0.2) is 0 Å².